The van der Waals surface area contributed by atoms with E-state index in [0.29, 0.717) is 24.3 Å². The fourth-order valence-electron chi connectivity index (χ4n) is 1.88. The number of ether oxygens (including phenoxy) is 2. The minimum absolute atomic E-state index is 0.280. The number of hydrogen-bond acceptors (Lipinski definition) is 3. The number of aryl methyl sites for hydroxylation is 1. The molecule has 100 valence electrons. The number of hydrogen-bond donors (Lipinski definition) is 1. The van der Waals surface area contributed by atoms with Crippen LogP contribution in [0.3, 0.4) is 0 Å². The van der Waals surface area contributed by atoms with Crippen molar-refractivity contribution in [1.29, 1.82) is 0 Å². The Morgan fingerprint density at radius 2 is 1.94 bits per heavy atom. The van der Waals surface area contributed by atoms with Crippen molar-refractivity contribution >= 4 is 5.97 Å². The van der Waals surface area contributed by atoms with Gasteiger partial charge in [-0.15, -0.1) is 0 Å². The molecule has 1 N–H and O–H groups in total. The summed E-state index contributed by atoms with van der Waals surface area (Å²) in [4.78, 5) is 10.9. The van der Waals surface area contributed by atoms with Crippen LogP contribution < -0.4 is 9.47 Å². The summed E-state index contributed by atoms with van der Waals surface area (Å²) >= 11 is 0. The number of carbonyl (C=O) groups is 1. The van der Waals surface area contributed by atoms with Crippen LogP contribution >= 0.6 is 0 Å². The van der Waals surface area contributed by atoms with E-state index in [-0.39, 0.29) is 5.92 Å². The highest BCUT2D eigenvalue weighted by molar-refractivity contribution is 5.69. The van der Waals surface area contributed by atoms with Gasteiger partial charge in [-0.25, -0.2) is 0 Å². The van der Waals surface area contributed by atoms with Gasteiger partial charge >= 0.3 is 5.97 Å². The molecule has 0 fully saturated rings. The van der Waals surface area contributed by atoms with Crippen LogP contribution in [0, 0.1) is 5.92 Å². The lowest BCUT2D eigenvalue weighted by molar-refractivity contribution is -0.142. The SMILES string of the molecule is CC[C@H](CCc1ccc(OC)c(OC)c1)C(=O)O. The van der Waals surface area contributed by atoms with Crippen LogP contribution in [0.4, 0.5) is 0 Å². The van der Waals surface area contributed by atoms with E-state index < -0.39 is 5.97 Å². The van der Waals surface area contributed by atoms with E-state index in [1.54, 1.807) is 14.2 Å². The lowest BCUT2D eigenvalue weighted by atomic mass is 9.97. The van der Waals surface area contributed by atoms with Gasteiger partial charge in [0.15, 0.2) is 11.5 Å². The van der Waals surface area contributed by atoms with Crippen molar-refractivity contribution < 1.29 is 19.4 Å². The molecule has 1 aromatic carbocycles. The molecule has 0 saturated heterocycles. The Balaban J connectivity index is 2.70. The molecule has 0 radical (unpaired) electrons. The first-order chi connectivity index (χ1) is 8.62. The Morgan fingerprint density at radius 1 is 1.28 bits per heavy atom. The topological polar surface area (TPSA) is 55.8 Å². The van der Waals surface area contributed by atoms with Crippen molar-refractivity contribution in [2.24, 2.45) is 5.92 Å². The fourth-order valence-corrected chi connectivity index (χ4v) is 1.88. The normalized spacial score (nSPS) is 11.9. The van der Waals surface area contributed by atoms with Gasteiger partial charge in [-0.2, -0.15) is 0 Å². The van der Waals surface area contributed by atoms with Crippen LogP contribution in [0.2, 0.25) is 0 Å². The standard InChI is InChI=1S/C14H20O4/c1-4-11(14(15)16)7-5-10-6-8-12(17-2)13(9-10)18-3/h6,8-9,11H,4-5,7H2,1-3H3,(H,15,16)/t11-/m1/s1. The molecular weight excluding hydrogens is 232 g/mol. The molecular formula is C14H20O4. The third kappa shape index (κ3) is 3.65. The molecule has 0 heterocycles. The molecule has 0 saturated carbocycles. The van der Waals surface area contributed by atoms with E-state index in [4.69, 9.17) is 14.6 Å². The molecule has 0 aliphatic heterocycles. The van der Waals surface area contributed by atoms with Crippen LogP contribution in [-0.4, -0.2) is 25.3 Å². The highest BCUT2D eigenvalue weighted by Gasteiger charge is 2.15. The minimum Gasteiger partial charge on any atom is -0.493 e. The molecule has 1 atom stereocenters. The Hall–Kier alpha value is -1.71. The monoisotopic (exact) mass is 252 g/mol. The summed E-state index contributed by atoms with van der Waals surface area (Å²) in [5.41, 5.74) is 1.06. The maximum absolute atomic E-state index is 10.9. The Bertz CT molecular complexity index is 401. The average molecular weight is 252 g/mol. The predicted molar refractivity (Wildman–Crippen MR) is 69.3 cm³/mol. The molecule has 0 amide bonds. The van der Waals surface area contributed by atoms with Gasteiger partial charge in [0.05, 0.1) is 20.1 Å². The third-order valence-electron chi connectivity index (χ3n) is 3.07. The Kier molecular flexibility index (Phi) is 5.49. The molecule has 0 unspecified atom stereocenters. The lowest BCUT2D eigenvalue weighted by Gasteiger charge is -2.12. The molecule has 0 aromatic heterocycles. The number of carboxylic acids is 1. The van der Waals surface area contributed by atoms with E-state index in [1.165, 1.54) is 0 Å². The zero-order valence-electron chi connectivity index (χ0n) is 11.1. The second-order valence-electron chi connectivity index (χ2n) is 4.17. The molecule has 0 spiro atoms. The summed E-state index contributed by atoms with van der Waals surface area (Å²) in [6.45, 7) is 1.90. The van der Waals surface area contributed by atoms with Gasteiger partial charge < -0.3 is 14.6 Å². The summed E-state index contributed by atoms with van der Waals surface area (Å²) in [6.07, 6.45) is 2.02. The lowest BCUT2D eigenvalue weighted by Crippen LogP contribution is -2.13. The van der Waals surface area contributed by atoms with Crippen molar-refractivity contribution in [1.82, 2.24) is 0 Å². The first-order valence-electron chi connectivity index (χ1n) is 6.06. The second-order valence-corrected chi connectivity index (χ2v) is 4.17. The number of benzene rings is 1. The first kappa shape index (κ1) is 14.4. The highest BCUT2D eigenvalue weighted by atomic mass is 16.5. The summed E-state index contributed by atoms with van der Waals surface area (Å²) < 4.78 is 10.4. The summed E-state index contributed by atoms with van der Waals surface area (Å²) in [5.74, 6) is 0.362. The molecule has 4 heteroatoms. The summed E-state index contributed by atoms with van der Waals surface area (Å²) in [7, 11) is 3.18. The van der Waals surface area contributed by atoms with Gasteiger partial charge in [-0.1, -0.05) is 13.0 Å². The van der Waals surface area contributed by atoms with Gasteiger partial charge in [-0.3, -0.25) is 4.79 Å². The first-order valence-corrected chi connectivity index (χ1v) is 6.06. The maximum Gasteiger partial charge on any atom is 0.306 e. The van der Waals surface area contributed by atoms with Crippen molar-refractivity contribution in [3.8, 4) is 11.5 Å². The van der Waals surface area contributed by atoms with Crippen molar-refractivity contribution in [3.63, 3.8) is 0 Å². The molecule has 4 nitrogen and oxygen atoms in total. The third-order valence-corrected chi connectivity index (χ3v) is 3.07. The smallest absolute Gasteiger partial charge is 0.306 e. The van der Waals surface area contributed by atoms with Gasteiger partial charge in [0.1, 0.15) is 0 Å². The van der Waals surface area contributed by atoms with E-state index in [0.717, 1.165) is 12.0 Å². The molecule has 0 aliphatic rings. The maximum atomic E-state index is 10.9. The zero-order chi connectivity index (χ0) is 13.5. The van der Waals surface area contributed by atoms with E-state index >= 15 is 0 Å². The fraction of sp³-hybridized carbons (Fsp3) is 0.500. The van der Waals surface area contributed by atoms with E-state index in [1.807, 2.05) is 25.1 Å². The number of carboxylic acid groups (broad SMARTS) is 1. The van der Waals surface area contributed by atoms with Crippen molar-refractivity contribution in [2.75, 3.05) is 14.2 Å². The van der Waals surface area contributed by atoms with Crippen LogP contribution in [0.5, 0.6) is 11.5 Å². The number of methoxy groups -OCH3 is 2. The summed E-state index contributed by atoms with van der Waals surface area (Å²) in [5, 5.41) is 8.99. The largest absolute Gasteiger partial charge is 0.493 e. The number of aliphatic carboxylic acids is 1. The van der Waals surface area contributed by atoms with Crippen LogP contribution in [0.1, 0.15) is 25.3 Å². The van der Waals surface area contributed by atoms with Crippen LogP contribution in [0.15, 0.2) is 18.2 Å². The van der Waals surface area contributed by atoms with Crippen molar-refractivity contribution in [3.05, 3.63) is 23.8 Å². The molecule has 0 bridgehead atoms. The highest BCUT2D eigenvalue weighted by Crippen LogP contribution is 2.28. The Morgan fingerprint density at radius 3 is 2.44 bits per heavy atom. The average Bonchev–Trinajstić information content (AvgIpc) is 2.38. The summed E-state index contributed by atoms with van der Waals surface area (Å²) in [6, 6.07) is 5.68. The molecule has 1 rings (SSSR count). The minimum atomic E-state index is -0.724. The van der Waals surface area contributed by atoms with Gasteiger partial charge in [0, 0.05) is 0 Å². The van der Waals surface area contributed by atoms with Gasteiger partial charge in [-0.05, 0) is 37.0 Å². The Labute approximate surface area is 108 Å². The number of rotatable bonds is 7. The van der Waals surface area contributed by atoms with Crippen LogP contribution in [0.25, 0.3) is 0 Å². The van der Waals surface area contributed by atoms with E-state index in [9.17, 15) is 4.79 Å². The zero-order valence-corrected chi connectivity index (χ0v) is 11.1. The van der Waals surface area contributed by atoms with Crippen molar-refractivity contribution in [2.45, 2.75) is 26.2 Å². The molecule has 0 aliphatic carbocycles. The second kappa shape index (κ2) is 6.89. The molecule has 1 aromatic rings. The quantitative estimate of drug-likeness (QED) is 0.810. The van der Waals surface area contributed by atoms with E-state index in [2.05, 4.69) is 0 Å². The predicted octanol–water partition coefficient (Wildman–Crippen LogP) is 2.75. The van der Waals surface area contributed by atoms with Gasteiger partial charge in [0.2, 0.25) is 0 Å². The van der Waals surface area contributed by atoms with Crippen LogP contribution in [-0.2, 0) is 11.2 Å². The van der Waals surface area contributed by atoms with Gasteiger partial charge in [0.25, 0.3) is 0 Å². The molecule has 18 heavy (non-hydrogen) atoms.